The Bertz CT molecular complexity index is 1220. The van der Waals surface area contributed by atoms with Gasteiger partial charge in [0.25, 0.3) is 5.91 Å². The number of alkyl carbamates (subject to hydrolysis) is 1. The highest BCUT2D eigenvalue weighted by molar-refractivity contribution is 7.13. The highest BCUT2D eigenvalue weighted by Gasteiger charge is 2.41. The SMILES string of the molecule is CC(C)(C)OC(=O)N[C@H]1COCCC1Nc1nc(-c2cccs2)c2c(c1F)CN(C(=O)OC(C)(C)C)C2=O. The van der Waals surface area contributed by atoms with Gasteiger partial charge >= 0.3 is 12.2 Å². The summed E-state index contributed by atoms with van der Waals surface area (Å²) < 4.78 is 32.2. The van der Waals surface area contributed by atoms with E-state index < -0.39 is 47.2 Å². The Kier molecular flexibility index (Phi) is 7.67. The fraction of sp³-hybridized carbons (Fsp3) is 0.538. The molecule has 0 aliphatic carbocycles. The highest BCUT2D eigenvalue weighted by atomic mass is 32.1. The largest absolute Gasteiger partial charge is 0.444 e. The lowest BCUT2D eigenvalue weighted by molar-refractivity contribution is 0.0246. The van der Waals surface area contributed by atoms with Gasteiger partial charge in [-0.3, -0.25) is 4.79 Å². The fourth-order valence-electron chi connectivity index (χ4n) is 4.20. The van der Waals surface area contributed by atoms with Crippen LogP contribution in [-0.4, -0.2) is 64.5 Å². The maximum absolute atomic E-state index is 15.9. The summed E-state index contributed by atoms with van der Waals surface area (Å²) in [6.45, 7) is 10.7. The van der Waals surface area contributed by atoms with Gasteiger partial charge in [-0.05, 0) is 59.4 Å². The van der Waals surface area contributed by atoms with Gasteiger partial charge in [0.1, 0.15) is 11.2 Å². The summed E-state index contributed by atoms with van der Waals surface area (Å²) in [6.07, 6.45) is -0.994. The average Bonchev–Trinajstić information content (AvgIpc) is 3.43. The molecule has 0 spiro atoms. The first-order valence-corrected chi connectivity index (χ1v) is 13.3. The zero-order valence-electron chi connectivity index (χ0n) is 22.3. The molecule has 12 heteroatoms. The third kappa shape index (κ3) is 6.24. The number of halogens is 1. The smallest absolute Gasteiger partial charge is 0.417 e. The van der Waals surface area contributed by atoms with Crippen molar-refractivity contribution in [2.75, 3.05) is 18.5 Å². The van der Waals surface area contributed by atoms with Crippen LogP contribution in [0, 0.1) is 5.82 Å². The van der Waals surface area contributed by atoms with E-state index in [1.54, 1.807) is 53.7 Å². The molecule has 0 saturated carbocycles. The lowest BCUT2D eigenvalue weighted by Crippen LogP contribution is -2.53. The van der Waals surface area contributed by atoms with Crippen LogP contribution in [-0.2, 0) is 20.8 Å². The molecule has 0 aromatic carbocycles. The number of nitrogens with zero attached hydrogens (tertiary/aromatic N) is 2. The molecule has 2 N–H and O–H groups in total. The summed E-state index contributed by atoms with van der Waals surface area (Å²) >= 11 is 1.35. The van der Waals surface area contributed by atoms with E-state index in [4.69, 9.17) is 14.2 Å². The van der Waals surface area contributed by atoms with Crippen LogP contribution in [0.15, 0.2) is 17.5 Å². The zero-order chi connectivity index (χ0) is 27.8. The van der Waals surface area contributed by atoms with Crippen LogP contribution in [0.4, 0.5) is 19.8 Å². The summed E-state index contributed by atoms with van der Waals surface area (Å²) in [4.78, 5) is 44.5. The monoisotopic (exact) mass is 548 g/mol. The fourth-order valence-corrected chi connectivity index (χ4v) is 4.92. The third-order valence-corrected chi connectivity index (χ3v) is 6.64. The van der Waals surface area contributed by atoms with E-state index in [0.29, 0.717) is 17.9 Å². The van der Waals surface area contributed by atoms with Crippen LogP contribution in [0.25, 0.3) is 10.6 Å². The maximum Gasteiger partial charge on any atom is 0.417 e. The minimum absolute atomic E-state index is 0.0387. The number of pyridine rings is 1. The molecule has 4 heterocycles. The molecule has 2 atom stereocenters. The van der Waals surface area contributed by atoms with Gasteiger partial charge in [-0.15, -0.1) is 11.3 Å². The predicted octanol–water partition coefficient (Wildman–Crippen LogP) is 4.93. The summed E-state index contributed by atoms with van der Waals surface area (Å²) in [5.41, 5.74) is -1.13. The lowest BCUT2D eigenvalue weighted by Gasteiger charge is -2.33. The number of fused-ring (bicyclic) bond motifs is 1. The number of ether oxygens (including phenoxy) is 3. The van der Waals surface area contributed by atoms with Crippen molar-refractivity contribution in [3.63, 3.8) is 0 Å². The third-order valence-electron chi connectivity index (χ3n) is 5.76. The molecule has 0 bridgehead atoms. The minimum atomic E-state index is -0.851. The Hall–Kier alpha value is -3.25. The van der Waals surface area contributed by atoms with E-state index in [0.717, 1.165) is 4.90 Å². The standard InChI is InChI=1S/C26H33FN4O6S/c1-25(2,3)36-23(33)29-16-13-35-10-9-15(16)28-21-19(27)14-12-31(24(34)37-26(4,5)6)22(32)18(14)20(30-21)17-8-7-11-38-17/h7-8,11,15-16H,9-10,12-13H2,1-6H3,(H,28,30)(H,29,33)/t15?,16-/m0/s1. The topological polar surface area (TPSA) is 119 Å². The van der Waals surface area contributed by atoms with Crippen molar-refractivity contribution >= 4 is 35.2 Å². The van der Waals surface area contributed by atoms with Gasteiger partial charge in [0.2, 0.25) is 0 Å². The molecular formula is C26H33FN4O6S. The van der Waals surface area contributed by atoms with Gasteiger partial charge < -0.3 is 24.8 Å². The molecular weight excluding hydrogens is 515 g/mol. The first-order valence-electron chi connectivity index (χ1n) is 12.4. The predicted molar refractivity (Wildman–Crippen MR) is 140 cm³/mol. The van der Waals surface area contributed by atoms with Crippen molar-refractivity contribution in [2.24, 2.45) is 0 Å². The molecule has 1 saturated heterocycles. The van der Waals surface area contributed by atoms with Crippen LogP contribution < -0.4 is 10.6 Å². The van der Waals surface area contributed by atoms with Gasteiger partial charge in [0, 0.05) is 12.2 Å². The van der Waals surface area contributed by atoms with Gasteiger partial charge in [0.05, 0.1) is 41.4 Å². The molecule has 2 aromatic rings. The molecule has 3 amide bonds. The quantitative estimate of drug-likeness (QED) is 0.552. The molecule has 206 valence electrons. The molecule has 10 nitrogen and oxygen atoms in total. The second-order valence-corrected chi connectivity index (χ2v) is 12.1. The van der Waals surface area contributed by atoms with Crippen LogP contribution in [0.3, 0.4) is 0 Å². The molecule has 0 radical (unpaired) electrons. The van der Waals surface area contributed by atoms with Crippen LogP contribution in [0.1, 0.15) is 63.9 Å². The van der Waals surface area contributed by atoms with E-state index >= 15 is 4.39 Å². The number of nitrogens with one attached hydrogen (secondary N) is 2. The molecule has 2 aliphatic heterocycles. The number of hydrogen-bond donors (Lipinski definition) is 2. The van der Waals surface area contributed by atoms with Crippen molar-refractivity contribution < 1.29 is 33.0 Å². The average molecular weight is 549 g/mol. The number of hydrogen-bond acceptors (Lipinski definition) is 9. The summed E-state index contributed by atoms with van der Waals surface area (Å²) in [5, 5.41) is 7.73. The van der Waals surface area contributed by atoms with Gasteiger partial charge in [-0.2, -0.15) is 0 Å². The molecule has 1 unspecified atom stereocenters. The second-order valence-electron chi connectivity index (χ2n) is 11.2. The lowest BCUT2D eigenvalue weighted by atomic mass is 10.0. The van der Waals surface area contributed by atoms with Gasteiger partial charge in [-0.25, -0.2) is 23.9 Å². The summed E-state index contributed by atoms with van der Waals surface area (Å²) in [6, 6.07) is 2.64. The minimum Gasteiger partial charge on any atom is -0.444 e. The number of anilines is 1. The number of thiophene rings is 1. The van der Waals surface area contributed by atoms with E-state index in [9.17, 15) is 14.4 Å². The van der Waals surface area contributed by atoms with Crippen molar-refractivity contribution in [2.45, 2.75) is 77.8 Å². The number of amides is 3. The number of carbonyl (C=O) groups excluding carboxylic acids is 3. The van der Waals surface area contributed by atoms with E-state index in [2.05, 4.69) is 15.6 Å². The van der Waals surface area contributed by atoms with Gasteiger partial charge in [0.15, 0.2) is 11.6 Å². The van der Waals surface area contributed by atoms with E-state index in [1.807, 2.05) is 5.38 Å². The molecule has 38 heavy (non-hydrogen) atoms. The number of aromatic nitrogens is 1. The highest BCUT2D eigenvalue weighted by Crippen LogP contribution is 2.38. The van der Waals surface area contributed by atoms with Crippen LogP contribution >= 0.6 is 11.3 Å². The van der Waals surface area contributed by atoms with Crippen LogP contribution in [0.5, 0.6) is 0 Å². The number of rotatable bonds is 4. The Morgan fingerprint density at radius 1 is 1.16 bits per heavy atom. The second kappa shape index (κ2) is 10.5. The number of imide groups is 1. The van der Waals surface area contributed by atoms with Crippen molar-refractivity contribution in [3.8, 4) is 10.6 Å². The summed E-state index contributed by atoms with van der Waals surface area (Å²) in [5.74, 6) is -1.47. The van der Waals surface area contributed by atoms with Crippen molar-refractivity contribution in [1.29, 1.82) is 0 Å². The Morgan fingerprint density at radius 3 is 2.50 bits per heavy atom. The zero-order valence-corrected chi connectivity index (χ0v) is 23.2. The summed E-state index contributed by atoms with van der Waals surface area (Å²) in [7, 11) is 0. The van der Waals surface area contributed by atoms with Gasteiger partial charge in [-0.1, -0.05) is 6.07 Å². The Balaban J connectivity index is 1.66. The first kappa shape index (κ1) is 27.8. The molecule has 1 fully saturated rings. The van der Waals surface area contributed by atoms with E-state index in [-0.39, 0.29) is 35.8 Å². The Labute approximate surface area is 224 Å². The van der Waals surface area contributed by atoms with Crippen molar-refractivity contribution in [3.05, 3.63) is 34.5 Å². The van der Waals surface area contributed by atoms with Crippen LogP contribution in [0.2, 0.25) is 0 Å². The Morgan fingerprint density at radius 2 is 1.87 bits per heavy atom. The number of carbonyl (C=O) groups is 3. The van der Waals surface area contributed by atoms with E-state index in [1.165, 1.54) is 11.3 Å². The molecule has 4 rings (SSSR count). The molecule has 2 aliphatic rings. The van der Waals surface area contributed by atoms with Crippen molar-refractivity contribution in [1.82, 2.24) is 15.2 Å². The molecule has 2 aromatic heterocycles. The normalized spacial score (nSPS) is 19.7. The maximum atomic E-state index is 15.9. The first-order chi connectivity index (χ1) is 17.7.